The minimum atomic E-state index is -0.566. The molecule has 0 aliphatic carbocycles. The number of hydrogen-bond acceptors (Lipinski definition) is 2. The third kappa shape index (κ3) is 2.84. The predicted octanol–water partition coefficient (Wildman–Crippen LogP) is 5.48. The molecule has 0 aliphatic rings. The molecule has 1 heterocycles. The lowest BCUT2D eigenvalue weighted by Gasteiger charge is -2.10. The van der Waals surface area contributed by atoms with E-state index in [0.29, 0.717) is 16.5 Å². The molecule has 0 saturated carbocycles. The van der Waals surface area contributed by atoms with Crippen LogP contribution in [0.2, 0.25) is 10.0 Å². The summed E-state index contributed by atoms with van der Waals surface area (Å²) in [5.41, 5.74) is 0.865. The smallest absolute Gasteiger partial charge is 0.0923 e. The van der Waals surface area contributed by atoms with E-state index in [0.717, 1.165) is 15.8 Å². The highest BCUT2D eigenvalue weighted by Crippen LogP contribution is 2.33. The van der Waals surface area contributed by atoms with Crippen LogP contribution in [0.1, 0.15) is 16.5 Å². The Kier molecular flexibility index (Phi) is 3.99. The van der Waals surface area contributed by atoms with Crippen LogP contribution in [0.5, 0.6) is 0 Å². The summed E-state index contributed by atoms with van der Waals surface area (Å²) in [6.07, 6.45) is -0.102. The van der Waals surface area contributed by atoms with Gasteiger partial charge in [0.25, 0.3) is 0 Å². The van der Waals surface area contributed by atoms with E-state index in [1.165, 1.54) is 4.70 Å². The van der Waals surface area contributed by atoms with Crippen LogP contribution >= 0.6 is 34.5 Å². The fraction of sp³-hybridized carbons (Fsp3) is 0.125. The lowest BCUT2D eigenvalue weighted by atomic mass is 10.1. The van der Waals surface area contributed by atoms with Crippen LogP contribution in [-0.2, 0) is 6.42 Å². The Hall–Kier alpha value is -1.06. The minimum Gasteiger partial charge on any atom is -0.387 e. The van der Waals surface area contributed by atoms with Crippen molar-refractivity contribution in [1.82, 2.24) is 0 Å². The largest absolute Gasteiger partial charge is 0.387 e. The molecule has 4 heteroatoms. The molecule has 1 nitrogen and oxygen atoms in total. The molecule has 0 fully saturated rings. The molecule has 0 aliphatic heterocycles. The summed E-state index contributed by atoms with van der Waals surface area (Å²) >= 11 is 13.7. The first-order chi connectivity index (χ1) is 9.63. The zero-order chi connectivity index (χ0) is 14.1. The first kappa shape index (κ1) is 13.9. The normalized spacial score (nSPS) is 12.8. The highest BCUT2D eigenvalue weighted by molar-refractivity contribution is 7.19. The molecular formula is C16H12Cl2OS. The second-order valence-electron chi connectivity index (χ2n) is 4.64. The maximum atomic E-state index is 10.4. The number of hydrogen-bond donors (Lipinski definition) is 1. The average Bonchev–Trinajstić information content (AvgIpc) is 2.87. The Morgan fingerprint density at radius 1 is 1.05 bits per heavy atom. The summed E-state index contributed by atoms with van der Waals surface area (Å²) in [6, 6.07) is 15.5. The van der Waals surface area contributed by atoms with Crippen molar-refractivity contribution in [1.29, 1.82) is 0 Å². The van der Waals surface area contributed by atoms with Gasteiger partial charge in [-0.25, -0.2) is 0 Å². The average molecular weight is 323 g/mol. The molecule has 0 amide bonds. The Balaban J connectivity index is 1.88. The van der Waals surface area contributed by atoms with Gasteiger partial charge in [0.2, 0.25) is 0 Å². The van der Waals surface area contributed by atoms with Gasteiger partial charge in [-0.15, -0.1) is 11.3 Å². The van der Waals surface area contributed by atoms with E-state index < -0.39 is 6.10 Å². The van der Waals surface area contributed by atoms with Gasteiger partial charge in [-0.1, -0.05) is 41.4 Å². The number of halogens is 2. The van der Waals surface area contributed by atoms with Crippen molar-refractivity contribution in [3.63, 3.8) is 0 Å². The van der Waals surface area contributed by atoms with Crippen LogP contribution in [0.15, 0.2) is 48.5 Å². The quantitative estimate of drug-likeness (QED) is 0.676. The molecule has 1 unspecified atom stereocenters. The van der Waals surface area contributed by atoms with Crippen molar-refractivity contribution in [3.05, 3.63) is 69.0 Å². The molecule has 0 radical (unpaired) electrons. The fourth-order valence-corrected chi connectivity index (χ4v) is 3.62. The monoisotopic (exact) mass is 322 g/mol. The lowest BCUT2D eigenvalue weighted by molar-refractivity contribution is 0.182. The Morgan fingerprint density at radius 2 is 1.85 bits per heavy atom. The number of fused-ring (bicyclic) bond motifs is 1. The highest BCUT2D eigenvalue weighted by Gasteiger charge is 2.14. The summed E-state index contributed by atoms with van der Waals surface area (Å²) in [5.74, 6) is 0. The van der Waals surface area contributed by atoms with Crippen molar-refractivity contribution in [2.75, 3.05) is 0 Å². The maximum absolute atomic E-state index is 10.4. The van der Waals surface area contributed by atoms with Crippen LogP contribution in [0.4, 0.5) is 0 Å². The summed E-state index contributed by atoms with van der Waals surface area (Å²) < 4.78 is 1.18. The summed E-state index contributed by atoms with van der Waals surface area (Å²) in [5, 5.41) is 12.8. The SMILES string of the molecule is OC(Cc1cc(Cl)ccc1Cl)c1cc2ccccc2s1. The molecule has 1 atom stereocenters. The van der Waals surface area contributed by atoms with Crippen LogP contribution in [0.3, 0.4) is 0 Å². The standard InChI is InChI=1S/C16H12Cl2OS/c17-12-5-6-13(18)11(7-12)8-14(19)16-9-10-3-1-2-4-15(10)20-16/h1-7,9,14,19H,8H2. The number of rotatable bonds is 3. The summed E-state index contributed by atoms with van der Waals surface area (Å²) in [4.78, 5) is 0.947. The number of aliphatic hydroxyl groups is 1. The van der Waals surface area contributed by atoms with E-state index >= 15 is 0 Å². The van der Waals surface area contributed by atoms with Gasteiger partial charge < -0.3 is 5.11 Å². The molecular weight excluding hydrogens is 311 g/mol. The van der Waals surface area contributed by atoms with Gasteiger partial charge in [-0.05, 0) is 41.3 Å². The Labute approximate surface area is 131 Å². The second kappa shape index (κ2) is 5.74. The zero-order valence-electron chi connectivity index (χ0n) is 10.5. The Bertz CT molecular complexity index is 718. The van der Waals surface area contributed by atoms with E-state index in [2.05, 4.69) is 12.1 Å². The van der Waals surface area contributed by atoms with Gasteiger partial charge in [0, 0.05) is 26.0 Å². The van der Waals surface area contributed by atoms with E-state index in [4.69, 9.17) is 23.2 Å². The van der Waals surface area contributed by atoms with E-state index in [1.807, 2.05) is 18.2 Å². The fourth-order valence-electron chi connectivity index (χ4n) is 2.18. The molecule has 3 aromatic rings. The number of benzene rings is 2. The molecule has 102 valence electrons. The molecule has 1 N–H and O–H groups in total. The van der Waals surface area contributed by atoms with Gasteiger partial charge in [0.05, 0.1) is 6.10 Å². The van der Waals surface area contributed by atoms with E-state index in [1.54, 1.807) is 29.5 Å². The third-order valence-electron chi connectivity index (χ3n) is 3.19. The first-order valence-electron chi connectivity index (χ1n) is 6.24. The lowest BCUT2D eigenvalue weighted by Crippen LogP contribution is -2.00. The van der Waals surface area contributed by atoms with Gasteiger partial charge in [0.1, 0.15) is 0 Å². The van der Waals surface area contributed by atoms with Gasteiger partial charge >= 0.3 is 0 Å². The van der Waals surface area contributed by atoms with Gasteiger partial charge in [-0.3, -0.25) is 0 Å². The minimum absolute atomic E-state index is 0.464. The van der Waals surface area contributed by atoms with E-state index in [-0.39, 0.29) is 0 Å². The first-order valence-corrected chi connectivity index (χ1v) is 7.81. The van der Waals surface area contributed by atoms with Crippen LogP contribution in [0, 0.1) is 0 Å². The van der Waals surface area contributed by atoms with Crippen molar-refractivity contribution >= 4 is 44.6 Å². The summed E-state index contributed by atoms with van der Waals surface area (Å²) in [6.45, 7) is 0. The third-order valence-corrected chi connectivity index (χ3v) is 5.02. The number of thiophene rings is 1. The summed E-state index contributed by atoms with van der Waals surface area (Å²) in [7, 11) is 0. The van der Waals surface area contributed by atoms with E-state index in [9.17, 15) is 5.11 Å². The van der Waals surface area contributed by atoms with Crippen molar-refractivity contribution in [2.45, 2.75) is 12.5 Å². The van der Waals surface area contributed by atoms with Crippen LogP contribution in [0.25, 0.3) is 10.1 Å². The Morgan fingerprint density at radius 3 is 2.65 bits per heavy atom. The zero-order valence-corrected chi connectivity index (χ0v) is 12.8. The van der Waals surface area contributed by atoms with Gasteiger partial charge in [-0.2, -0.15) is 0 Å². The van der Waals surface area contributed by atoms with Crippen LogP contribution < -0.4 is 0 Å². The van der Waals surface area contributed by atoms with Crippen molar-refractivity contribution < 1.29 is 5.11 Å². The molecule has 1 aromatic heterocycles. The highest BCUT2D eigenvalue weighted by atomic mass is 35.5. The molecule has 0 spiro atoms. The molecule has 0 bridgehead atoms. The molecule has 2 aromatic carbocycles. The van der Waals surface area contributed by atoms with Crippen molar-refractivity contribution in [3.8, 4) is 0 Å². The molecule has 20 heavy (non-hydrogen) atoms. The topological polar surface area (TPSA) is 20.2 Å². The van der Waals surface area contributed by atoms with Crippen molar-refractivity contribution in [2.24, 2.45) is 0 Å². The maximum Gasteiger partial charge on any atom is 0.0923 e. The van der Waals surface area contributed by atoms with Gasteiger partial charge in [0.15, 0.2) is 0 Å². The van der Waals surface area contributed by atoms with Crippen LogP contribution in [-0.4, -0.2) is 5.11 Å². The molecule has 3 rings (SSSR count). The number of aliphatic hydroxyl groups excluding tert-OH is 1. The molecule has 0 saturated heterocycles. The predicted molar refractivity (Wildman–Crippen MR) is 87.0 cm³/mol. The second-order valence-corrected chi connectivity index (χ2v) is 6.60.